The molecule has 1 rings (SSSR count). The van der Waals surface area contributed by atoms with Crippen LogP contribution in [0.4, 0.5) is 0 Å². The van der Waals surface area contributed by atoms with Crippen LogP contribution in [0.15, 0.2) is 17.5 Å². The highest BCUT2D eigenvalue weighted by atomic mass is 32.1. The van der Waals surface area contributed by atoms with E-state index in [1.54, 1.807) is 11.3 Å². The van der Waals surface area contributed by atoms with Crippen molar-refractivity contribution < 1.29 is 4.74 Å². The standard InChI is InChI=1S/C13H22N2OS2/c1-3-16-10-5-8-14-13(17)15(2)9-7-12-6-4-11-18-12/h4,6,11H,3,5,7-10H2,1-2H3,(H,14,17). The van der Waals surface area contributed by atoms with E-state index < -0.39 is 0 Å². The van der Waals surface area contributed by atoms with Crippen molar-refractivity contribution in [2.45, 2.75) is 19.8 Å². The van der Waals surface area contributed by atoms with Gasteiger partial charge in [0.05, 0.1) is 0 Å². The van der Waals surface area contributed by atoms with E-state index in [0.29, 0.717) is 0 Å². The Morgan fingerprint density at radius 3 is 3.06 bits per heavy atom. The zero-order valence-electron chi connectivity index (χ0n) is 11.1. The summed E-state index contributed by atoms with van der Waals surface area (Å²) in [5.74, 6) is 0. The van der Waals surface area contributed by atoms with Gasteiger partial charge in [0.15, 0.2) is 5.11 Å². The van der Waals surface area contributed by atoms with Crippen LogP contribution in [-0.2, 0) is 11.2 Å². The highest BCUT2D eigenvalue weighted by Crippen LogP contribution is 2.09. The van der Waals surface area contributed by atoms with Crippen molar-refractivity contribution in [1.82, 2.24) is 10.2 Å². The van der Waals surface area contributed by atoms with Gasteiger partial charge in [-0.2, -0.15) is 0 Å². The topological polar surface area (TPSA) is 24.5 Å². The fourth-order valence-corrected chi connectivity index (χ4v) is 2.37. The predicted molar refractivity (Wildman–Crippen MR) is 82.4 cm³/mol. The lowest BCUT2D eigenvalue weighted by atomic mass is 10.3. The number of ether oxygens (including phenoxy) is 1. The molecule has 0 unspecified atom stereocenters. The van der Waals surface area contributed by atoms with Gasteiger partial charge < -0.3 is 15.0 Å². The number of hydrogen-bond acceptors (Lipinski definition) is 3. The Morgan fingerprint density at radius 2 is 2.39 bits per heavy atom. The van der Waals surface area contributed by atoms with Gasteiger partial charge in [0, 0.05) is 38.2 Å². The molecule has 0 fully saturated rings. The smallest absolute Gasteiger partial charge is 0.168 e. The van der Waals surface area contributed by atoms with Gasteiger partial charge in [-0.3, -0.25) is 0 Å². The quantitative estimate of drug-likeness (QED) is 0.586. The summed E-state index contributed by atoms with van der Waals surface area (Å²) in [4.78, 5) is 3.50. The summed E-state index contributed by atoms with van der Waals surface area (Å²) in [6, 6.07) is 4.25. The van der Waals surface area contributed by atoms with Crippen LogP contribution in [0.3, 0.4) is 0 Å². The summed E-state index contributed by atoms with van der Waals surface area (Å²) in [5.41, 5.74) is 0. The van der Waals surface area contributed by atoms with Crippen molar-refractivity contribution >= 4 is 28.7 Å². The average molecular weight is 286 g/mol. The molecule has 3 nitrogen and oxygen atoms in total. The fourth-order valence-electron chi connectivity index (χ4n) is 1.48. The molecule has 0 aliphatic heterocycles. The van der Waals surface area contributed by atoms with E-state index >= 15 is 0 Å². The van der Waals surface area contributed by atoms with Gasteiger partial charge in [-0.15, -0.1) is 11.3 Å². The lowest BCUT2D eigenvalue weighted by molar-refractivity contribution is 0.145. The van der Waals surface area contributed by atoms with Crippen LogP contribution in [-0.4, -0.2) is 43.4 Å². The number of nitrogens with one attached hydrogen (secondary N) is 1. The molecule has 1 heterocycles. The van der Waals surface area contributed by atoms with E-state index in [9.17, 15) is 0 Å². The van der Waals surface area contributed by atoms with Gasteiger partial charge in [-0.05, 0) is 43.4 Å². The minimum atomic E-state index is 0.783. The Kier molecular flexibility index (Phi) is 7.96. The first-order valence-electron chi connectivity index (χ1n) is 6.33. The van der Waals surface area contributed by atoms with Crippen molar-refractivity contribution in [3.63, 3.8) is 0 Å². The third-order valence-corrected chi connectivity index (χ3v) is 3.96. The maximum Gasteiger partial charge on any atom is 0.168 e. The normalized spacial score (nSPS) is 10.3. The van der Waals surface area contributed by atoms with Gasteiger partial charge >= 0.3 is 0 Å². The van der Waals surface area contributed by atoms with Crippen LogP contribution < -0.4 is 5.32 Å². The second-order valence-electron chi connectivity index (χ2n) is 4.03. The van der Waals surface area contributed by atoms with Gasteiger partial charge in [0.1, 0.15) is 0 Å². The first-order chi connectivity index (χ1) is 8.74. The molecule has 1 N–H and O–H groups in total. The monoisotopic (exact) mass is 286 g/mol. The number of nitrogens with zero attached hydrogens (tertiary/aromatic N) is 1. The largest absolute Gasteiger partial charge is 0.382 e. The molecule has 0 amide bonds. The van der Waals surface area contributed by atoms with Crippen molar-refractivity contribution in [1.29, 1.82) is 0 Å². The molecule has 1 aromatic rings. The summed E-state index contributed by atoms with van der Waals surface area (Å²) in [5, 5.41) is 6.19. The van der Waals surface area contributed by atoms with E-state index in [0.717, 1.165) is 44.3 Å². The molecule has 0 saturated heterocycles. The molecule has 102 valence electrons. The Hall–Kier alpha value is -0.650. The number of hydrogen-bond donors (Lipinski definition) is 1. The van der Waals surface area contributed by atoms with Crippen LogP contribution in [0.25, 0.3) is 0 Å². The molecule has 0 aromatic carbocycles. The zero-order valence-corrected chi connectivity index (χ0v) is 12.8. The molecule has 0 spiro atoms. The number of rotatable bonds is 8. The summed E-state index contributed by atoms with van der Waals surface area (Å²) in [6.07, 6.45) is 2.04. The predicted octanol–water partition coefficient (Wildman–Crippen LogP) is 2.52. The van der Waals surface area contributed by atoms with Crippen LogP contribution in [0.1, 0.15) is 18.2 Å². The molecule has 0 aliphatic rings. The number of thiophene rings is 1. The molecule has 18 heavy (non-hydrogen) atoms. The average Bonchev–Trinajstić information content (AvgIpc) is 2.88. The number of likely N-dealkylation sites (N-methyl/N-ethyl adjacent to an activating group) is 1. The maximum absolute atomic E-state index is 5.33. The molecule has 0 aliphatic carbocycles. The van der Waals surface area contributed by atoms with Crippen molar-refractivity contribution in [3.8, 4) is 0 Å². The highest BCUT2D eigenvalue weighted by Gasteiger charge is 2.04. The zero-order chi connectivity index (χ0) is 13.2. The van der Waals surface area contributed by atoms with Crippen LogP contribution in [0, 0.1) is 0 Å². The maximum atomic E-state index is 5.33. The lowest BCUT2D eigenvalue weighted by Gasteiger charge is -2.20. The summed E-state index contributed by atoms with van der Waals surface area (Å²) in [6.45, 7) is 5.42. The minimum Gasteiger partial charge on any atom is -0.382 e. The Morgan fingerprint density at radius 1 is 1.56 bits per heavy atom. The molecular weight excluding hydrogens is 264 g/mol. The molecule has 0 saturated carbocycles. The minimum absolute atomic E-state index is 0.783. The molecule has 0 bridgehead atoms. The van der Waals surface area contributed by atoms with E-state index in [4.69, 9.17) is 17.0 Å². The number of thiocarbonyl (C=S) groups is 1. The van der Waals surface area contributed by atoms with Gasteiger partial charge in [-0.1, -0.05) is 6.07 Å². The van der Waals surface area contributed by atoms with E-state index in [1.165, 1.54) is 4.88 Å². The van der Waals surface area contributed by atoms with Crippen LogP contribution in [0.5, 0.6) is 0 Å². The van der Waals surface area contributed by atoms with Gasteiger partial charge in [0.25, 0.3) is 0 Å². The molecule has 1 aromatic heterocycles. The SMILES string of the molecule is CCOCCCNC(=S)N(C)CCc1cccs1. The van der Waals surface area contributed by atoms with Gasteiger partial charge in [0.2, 0.25) is 0 Å². The molecule has 0 radical (unpaired) electrons. The van der Waals surface area contributed by atoms with Crippen molar-refractivity contribution in [2.75, 3.05) is 33.4 Å². The van der Waals surface area contributed by atoms with Crippen molar-refractivity contribution in [3.05, 3.63) is 22.4 Å². The second-order valence-corrected chi connectivity index (χ2v) is 5.45. The summed E-state index contributed by atoms with van der Waals surface area (Å²) < 4.78 is 5.28. The third-order valence-electron chi connectivity index (χ3n) is 2.57. The van der Waals surface area contributed by atoms with E-state index in [-0.39, 0.29) is 0 Å². The van der Waals surface area contributed by atoms with E-state index in [2.05, 4.69) is 27.7 Å². The Balaban J connectivity index is 2.09. The molecular formula is C13H22N2OS2. The second kappa shape index (κ2) is 9.30. The fraction of sp³-hybridized carbons (Fsp3) is 0.615. The first kappa shape index (κ1) is 15.4. The Labute approximate surface area is 119 Å². The van der Waals surface area contributed by atoms with Crippen LogP contribution >= 0.6 is 23.6 Å². The summed E-state index contributed by atoms with van der Waals surface area (Å²) >= 11 is 7.12. The van der Waals surface area contributed by atoms with Gasteiger partial charge in [-0.25, -0.2) is 0 Å². The lowest BCUT2D eigenvalue weighted by Crippen LogP contribution is -2.38. The van der Waals surface area contributed by atoms with Crippen LogP contribution in [0.2, 0.25) is 0 Å². The highest BCUT2D eigenvalue weighted by molar-refractivity contribution is 7.80. The molecule has 0 atom stereocenters. The summed E-state index contributed by atoms with van der Waals surface area (Å²) in [7, 11) is 2.03. The third kappa shape index (κ3) is 6.33. The first-order valence-corrected chi connectivity index (χ1v) is 7.62. The van der Waals surface area contributed by atoms with Crippen molar-refractivity contribution in [2.24, 2.45) is 0 Å². The Bertz CT molecular complexity index is 328. The molecule has 5 heteroatoms. The van der Waals surface area contributed by atoms with E-state index in [1.807, 2.05) is 14.0 Å².